The highest BCUT2D eigenvalue weighted by Gasteiger charge is 2.07. The molecule has 0 fully saturated rings. The van der Waals surface area contributed by atoms with E-state index in [0.717, 1.165) is 17.4 Å². The summed E-state index contributed by atoms with van der Waals surface area (Å²) in [5.74, 6) is 0. The van der Waals surface area contributed by atoms with E-state index in [-0.39, 0.29) is 0 Å². The summed E-state index contributed by atoms with van der Waals surface area (Å²) in [5.41, 5.74) is 1.37. The Bertz CT molecular complexity index is 522. The first-order valence-corrected chi connectivity index (χ1v) is 8.60. The molecular weight excluding hydrogens is 330 g/mol. The van der Waals surface area contributed by atoms with Gasteiger partial charge < -0.3 is 5.32 Å². The van der Waals surface area contributed by atoms with Crippen molar-refractivity contribution in [2.45, 2.75) is 36.1 Å². The molecule has 1 atom stereocenters. The SMILES string of the molecule is CCNC(CC)c1ccc(Sc2ccc(Br)cc2)cc1. The lowest BCUT2D eigenvalue weighted by Gasteiger charge is -2.16. The van der Waals surface area contributed by atoms with Crippen molar-refractivity contribution in [2.75, 3.05) is 6.54 Å². The monoisotopic (exact) mass is 349 g/mol. The summed E-state index contributed by atoms with van der Waals surface area (Å²) in [4.78, 5) is 2.54. The molecule has 2 aromatic rings. The van der Waals surface area contributed by atoms with Crippen molar-refractivity contribution < 1.29 is 0 Å². The van der Waals surface area contributed by atoms with Gasteiger partial charge in [-0.3, -0.25) is 0 Å². The summed E-state index contributed by atoms with van der Waals surface area (Å²) < 4.78 is 1.12. The van der Waals surface area contributed by atoms with Gasteiger partial charge in [0.2, 0.25) is 0 Å². The molecule has 0 aromatic heterocycles. The maximum Gasteiger partial charge on any atom is 0.0317 e. The summed E-state index contributed by atoms with van der Waals surface area (Å²) in [5, 5.41) is 3.51. The van der Waals surface area contributed by atoms with Gasteiger partial charge in [0.1, 0.15) is 0 Å². The molecule has 0 spiro atoms. The van der Waals surface area contributed by atoms with Crippen LogP contribution in [0.5, 0.6) is 0 Å². The van der Waals surface area contributed by atoms with Crippen molar-refractivity contribution in [1.82, 2.24) is 5.32 Å². The summed E-state index contributed by atoms with van der Waals surface area (Å²) in [6, 6.07) is 17.8. The third-order valence-corrected chi connectivity index (χ3v) is 4.73. The van der Waals surface area contributed by atoms with Gasteiger partial charge in [-0.15, -0.1) is 0 Å². The molecule has 0 aliphatic heterocycles. The Balaban J connectivity index is 2.06. The maximum atomic E-state index is 3.51. The summed E-state index contributed by atoms with van der Waals surface area (Å²) in [7, 11) is 0. The predicted molar refractivity (Wildman–Crippen MR) is 91.4 cm³/mol. The van der Waals surface area contributed by atoms with Gasteiger partial charge in [0.05, 0.1) is 0 Å². The van der Waals surface area contributed by atoms with E-state index < -0.39 is 0 Å². The topological polar surface area (TPSA) is 12.0 Å². The van der Waals surface area contributed by atoms with E-state index >= 15 is 0 Å². The number of rotatable bonds is 6. The van der Waals surface area contributed by atoms with Gasteiger partial charge >= 0.3 is 0 Å². The first-order valence-electron chi connectivity index (χ1n) is 6.99. The zero-order chi connectivity index (χ0) is 14.4. The van der Waals surface area contributed by atoms with Crippen LogP contribution in [0.4, 0.5) is 0 Å². The van der Waals surface area contributed by atoms with Gasteiger partial charge in [-0.2, -0.15) is 0 Å². The fraction of sp³-hybridized carbons (Fsp3) is 0.294. The minimum absolute atomic E-state index is 0.465. The van der Waals surface area contributed by atoms with Crippen molar-refractivity contribution >= 4 is 27.7 Å². The fourth-order valence-corrected chi connectivity index (χ4v) is 3.23. The Labute approximate surface area is 134 Å². The third kappa shape index (κ3) is 4.37. The van der Waals surface area contributed by atoms with Crippen LogP contribution < -0.4 is 5.32 Å². The van der Waals surface area contributed by atoms with E-state index in [0.29, 0.717) is 6.04 Å². The molecule has 106 valence electrons. The van der Waals surface area contributed by atoms with Gasteiger partial charge in [0.15, 0.2) is 0 Å². The van der Waals surface area contributed by atoms with Gasteiger partial charge in [-0.1, -0.05) is 53.7 Å². The molecule has 0 amide bonds. The van der Waals surface area contributed by atoms with Crippen LogP contribution in [0, 0.1) is 0 Å². The molecule has 0 saturated carbocycles. The second-order valence-electron chi connectivity index (χ2n) is 4.64. The quantitative estimate of drug-likeness (QED) is 0.721. The van der Waals surface area contributed by atoms with E-state index in [9.17, 15) is 0 Å². The molecule has 1 N–H and O–H groups in total. The van der Waals surface area contributed by atoms with Crippen LogP contribution in [0.15, 0.2) is 62.8 Å². The average Bonchev–Trinajstić information content (AvgIpc) is 2.48. The standard InChI is InChI=1S/C17H20BrNS/c1-3-17(19-4-2)13-5-9-15(10-6-13)20-16-11-7-14(18)8-12-16/h5-12,17,19H,3-4H2,1-2H3. The fourth-order valence-electron chi connectivity index (χ4n) is 2.15. The van der Waals surface area contributed by atoms with Crippen molar-refractivity contribution in [2.24, 2.45) is 0 Å². The van der Waals surface area contributed by atoms with Gasteiger partial charge in [-0.05, 0) is 54.9 Å². The molecule has 2 rings (SSSR count). The van der Waals surface area contributed by atoms with Gasteiger partial charge in [0, 0.05) is 20.3 Å². The van der Waals surface area contributed by atoms with Crippen LogP contribution in [0.2, 0.25) is 0 Å². The largest absolute Gasteiger partial charge is 0.310 e. The van der Waals surface area contributed by atoms with Crippen LogP contribution in [-0.4, -0.2) is 6.54 Å². The lowest BCUT2D eigenvalue weighted by molar-refractivity contribution is 0.537. The molecule has 2 aromatic carbocycles. The molecule has 0 radical (unpaired) electrons. The number of benzene rings is 2. The van der Waals surface area contributed by atoms with E-state index in [1.54, 1.807) is 11.8 Å². The minimum Gasteiger partial charge on any atom is -0.310 e. The molecular formula is C17H20BrNS. The predicted octanol–water partition coefficient (Wildman–Crippen LogP) is 5.66. The van der Waals surface area contributed by atoms with Crippen LogP contribution >= 0.6 is 27.7 Å². The smallest absolute Gasteiger partial charge is 0.0317 e. The number of halogens is 1. The maximum absolute atomic E-state index is 3.51. The van der Waals surface area contributed by atoms with Gasteiger partial charge in [-0.25, -0.2) is 0 Å². The summed E-state index contributed by atoms with van der Waals surface area (Å²) in [6.45, 7) is 5.38. The number of hydrogen-bond acceptors (Lipinski definition) is 2. The zero-order valence-corrected chi connectivity index (χ0v) is 14.3. The number of hydrogen-bond donors (Lipinski definition) is 1. The van der Waals surface area contributed by atoms with Crippen LogP contribution in [0.3, 0.4) is 0 Å². The molecule has 0 heterocycles. The van der Waals surface area contributed by atoms with E-state index in [1.807, 2.05) is 0 Å². The Morgan fingerprint density at radius 2 is 1.50 bits per heavy atom. The highest BCUT2D eigenvalue weighted by molar-refractivity contribution is 9.10. The lowest BCUT2D eigenvalue weighted by atomic mass is 10.1. The zero-order valence-electron chi connectivity index (χ0n) is 11.9. The highest BCUT2D eigenvalue weighted by atomic mass is 79.9. The molecule has 0 bridgehead atoms. The third-order valence-electron chi connectivity index (χ3n) is 3.19. The van der Waals surface area contributed by atoms with Crippen molar-refractivity contribution in [3.63, 3.8) is 0 Å². The normalized spacial score (nSPS) is 12.3. The lowest BCUT2D eigenvalue weighted by Crippen LogP contribution is -2.19. The highest BCUT2D eigenvalue weighted by Crippen LogP contribution is 2.29. The first kappa shape index (κ1) is 15.6. The van der Waals surface area contributed by atoms with Crippen molar-refractivity contribution in [1.29, 1.82) is 0 Å². The molecule has 0 aliphatic rings. The van der Waals surface area contributed by atoms with E-state index in [1.165, 1.54) is 15.4 Å². The molecule has 20 heavy (non-hydrogen) atoms. The summed E-state index contributed by atoms with van der Waals surface area (Å²) in [6.07, 6.45) is 1.12. The Morgan fingerprint density at radius 3 is 2.00 bits per heavy atom. The second-order valence-corrected chi connectivity index (χ2v) is 6.71. The Kier molecular flexibility index (Phi) is 6.14. The minimum atomic E-state index is 0.465. The number of nitrogens with one attached hydrogen (secondary N) is 1. The summed E-state index contributed by atoms with van der Waals surface area (Å²) >= 11 is 5.26. The van der Waals surface area contributed by atoms with Gasteiger partial charge in [0.25, 0.3) is 0 Å². The molecule has 0 aliphatic carbocycles. The Morgan fingerprint density at radius 1 is 0.950 bits per heavy atom. The van der Waals surface area contributed by atoms with Crippen molar-refractivity contribution in [3.8, 4) is 0 Å². The van der Waals surface area contributed by atoms with Crippen LogP contribution in [0.25, 0.3) is 0 Å². The first-order chi connectivity index (χ1) is 9.72. The van der Waals surface area contributed by atoms with E-state index in [2.05, 4.69) is 83.6 Å². The Hall–Kier alpha value is -0.770. The van der Waals surface area contributed by atoms with E-state index in [4.69, 9.17) is 0 Å². The molecule has 1 unspecified atom stereocenters. The molecule has 1 nitrogen and oxygen atoms in total. The average molecular weight is 350 g/mol. The molecule has 0 saturated heterocycles. The molecule has 3 heteroatoms. The second kappa shape index (κ2) is 7.87. The van der Waals surface area contributed by atoms with Crippen molar-refractivity contribution in [3.05, 3.63) is 58.6 Å². The van der Waals surface area contributed by atoms with Crippen LogP contribution in [0.1, 0.15) is 31.9 Å². The van der Waals surface area contributed by atoms with Crippen LogP contribution in [-0.2, 0) is 0 Å².